The fraction of sp³-hybridized carbons (Fsp3) is 0.300. The molecule has 0 saturated carbocycles. The van der Waals surface area contributed by atoms with Crippen LogP contribution in [0.2, 0.25) is 0 Å². The Kier molecular flexibility index (Phi) is 4.37. The van der Waals surface area contributed by atoms with Crippen LogP contribution in [0.1, 0.15) is 10.4 Å². The molecular formula is C10H10BrF2NO2. The molecule has 0 radical (unpaired) electrons. The average Bonchev–Trinajstić information content (AvgIpc) is 2.16. The van der Waals surface area contributed by atoms with Gasteiger partial charge in [-0.05, 0) is 12.1 Å². The highest BCUT2D eigenvalue weighted by Gasteiger charge is 2.21. The van der Waals surface area contributed by atoms with E-state index in [1.807, 2.05) is 0 Å². The molecule has 1 aromatic carbocycles. The molecule has 1 N–H and O–H groups in total. The van der Waals surface area contributed by atoms with Crippen molar-refractivity contribution >= 4 is 21.8 Å². The highest BCUT2D eigenvalue weighted by atomic mass is 79.9. The molecular weight excluding hydrogens is 284 g/mol. The van der Waals surface area contributed by atoms with Crippen LogP contribution in [0.4, 0.5) is 8.78 Å². The van der Waals surface area contributed by atoms with Gasteiger partial charge in [-0.25, -0.2) is 8.78 Å². The summed E-state index contributed by atoms with van der Waals surface area (Å²) in [6.07, 6.45) is 0. The zero-order valence-corrected chi connectivity index (χ0v) is 10.1. The number of aliphatic hydroxyl groups excluding tert-OH is 1. The minimum absolute atomic E-state index is 0.0216. The molecule has 0 aliphatic carbocycles. The van der Waals surface area contributed by atoms with Gasteiger partial charge < -0.3 is 10.0 Å². The van der Waals surface area contributed by atoms with E-state index >= 15 is 0 Å². The first-order valence-electron chi connectivity index (χ1n) is 4.48. The third kappa shape index (κ3) is 2.76. The molecule has 16 heavy (non-hydrogen) atoms. The molecule has 0 aliphatic rings. The Morgan fingerprint density at radius 1 is 1.44 bits per heavy atom. The fourth-order valence-electron chi connectivity index (χ4n) is 1.19. The zero-order valence-electron chi connectivity index (χ0n) is 8.51. The maximum absolute atomic E-state index is 13.4. The summed E-state index contributed by atoms with van der Waals surface area (Å²) in [5, 5.41) is 8.63. The second-order valence-electron chi connectivity index (χ2n) is 3.19. The summed E-state index contributed by atoms with van der Waals surface area (Å²) in [4.78, 5) is 12.7. The van der Waals surface area contributed by atoms with Gasteiger partial charge in [0.05, 0.1) is 6.61 Å². The largest absolute Gasteiger partial charge is 0.395 e. The topological polar surface area (TPSA) is 40.5 Å². The minimum Gasteiger partial charge on any atom is -0.395 e. The van der Waals surface area contributed by atoms with Crippen LogP contribution in [-0.4, -0.2) is 36.1 Å². The molecule has 0 aliphatic heterocycles. The molecule has 1 amide bonds. The van der Waals surface area contributed by atoms with E-state index in [9.17, 15) is 13.6 Å². The molecule has 0 atom stereocenters. The number of carbonyl (C=O) groups excluding carboxylic acids is 1. The van der Waals surface area contributed by atoms with Crippen molar-refractivity contribution in [2.24, 2.45) is 0 Å². The van der Waals surface area contributed by atoms with E-state index in [0.29, 0.717) is 0 Å². The van der Waals surface area contributed by atoms with Gasteiger partial charge >= 0.3 is 0 Å². The Morgan fingerprint density at radius 3 is 2.38 bits per heavy atom. The van der Waals surface area contributed by atoms with Gasteiger partial charge in [0, 0.05) is 18.1 Å². The first kappa shape index (κ1) is 13.1. The van der Waals surface area contributed by atoms with Crippen LogP contribution < -0.4 is 0 Å². The zero-order chi connectivity index (χ0) is 12.3. The SMILES string of the molecule is CN(CCO)C(=O)c1c(F)cc(Br)cc1F. The van der Waals surface area contributed by atoms with E-state index in [-0.39, 0.29) is 17.6 Å². The lowest BCUT2D eigenvalue weighted by Crippen LogP contribution is -2.31. The van der Waals surface area contributed by atoms with Gasteiger partial charge in [0.1, 0.15) is 17.2 Å². The van der Waals surface area contributed by atoms with E-state index in [2.05, 4.69) is 15.9 Å². The Hall–Kier alpha value is -1.01. The van der Waals surface area contributed by atoms with E-state index in [4.69, 9.17) is 5.11 Å². The summed E-state index contributed by atoms with van der Waals surface area (Å²) in [5.74, 6) is -2.65. The van der Waals surface area contributed by atoms with Crippen molar-refractivity contribution in [1.82, 2.24) is 4.90 Å². The predicted octanol–water partition coefficient (Wildman–Crippen LogP) is 1.79. The molecule has 3 nitrogen and oxygen atoms in total. The quantitative estimate of drug-likeness (QED) is 0.923. The first-order valence-corrected chi connectivity index (χ1v) is 5.27. The van der Waals surface area contributed by atoms with Crippen LogP contribution in [0, 0.1) is 11.6 Å². The fourth-order valence-corrected chi connectivity index (χ4v) is 1.59. The van der Waals surface area contributed by atoms with Crippen LogP contribution in [0.25, 0.3) is 0 Å². The van der Waals surface area contributed by atoms with Crippen molar-refractivity contribution in [3.05, 3.63) is 33.8 Å². The normalized spacial score (nSPS) is 10.3. The first-order chi connectivity index (χ1) is 7.47. The number of amides is 1. The maximum Gasteiger partial charge on any atom is 0.259 e. The Bertz CT molecular complexity index is 389. The lowest BCUT2D eigenvalue weighted by Gasteiger charge is -2.16. The molecule has 1 rings (SSSR count). The van der Waals surface area contributed by atoms with Crippen molar-refractivity contribution in [1.29, 1.82) is 0 Å². The number of hydrogen-bond acceptors (Lipinski definition) is 2. The van der Waals surface area contributed by atoms with E-state index in [1.54, 1.807) is 0 Å². The standard InChI is InChI=1S/C10H10BrF2NO2/c1-14(2-3-15)10(16)9-7(12)4-6(11)5-8(9)13/h4-5,15H,2-3H2,1H3. The molecule has 0 saturated heterocycles. The Morgan fingerprint density at radius 2 is 1.94 bits per heavy atom. The minimum atomic E-state index is -0.929. The van der Waals surface area contributed by atoms with Crippen molar-refractivity contribution in [3.8, 4) is 0 Å². The van der Waals surface area contributed by atoms with Gasteiger partial charge in [0.25, 0.3) is 5.91 Å². The second-order valence-corrected chi connectivity index (χ2v) is 4.11. The lowest BCUT2D eigenvalue weighted by molar-refractivity contribution is 0.0757. The molecule has 0 aromatic heterocycles. The van der Waals surface area contributed by atoms with Crippen molar-refractivity contribution in [2.45, 2.75) is 0 Å². The van der Waals surface area contributed by atoms with Crippen molar-refractivity contribution in [2.75, 3.05) is 20.2 Å². The van der Waals surface area contributed by atoms with Gasteiger partial charge in [-0.1, -0.05) is 15.9 Å². The molecule has 6 heteroatoms. The molecule has 0 unspecified atom stereocenters. The number of halogens is 3. The molecule has 1 aromatic rings. The maximum atomic E-state index is 13.4. The van der Waals surface area contributed by atoms with Crippen LogP contribution in [0.3, 0.4) is 0 Å². The average molecular weight is 294 g/mol. The monoisotopic (exact) mass is 293 g/mol. The van der Waals surface area contributed by atoms with Gasteiger partial charge in [0.15, 0.2) is 0 Å². The van der Waals surface area contributed by atoms with Crippen LogP contribution in [-0.2, 0) is 0 Å². The van der Waals surface area contributed by atoms with Crippen molar-refractivity contribution in [3.63, 3.8) is 0 Å². The number of rotatable bonds is 3. The van der Waals surface area contributed by atoms with E-state index in [1.165, 1.54) is 7.05 Å². The highest BCUT2D eigenvalue weighted by molar-refractivity contribution is 9.10. The van der Waals surface area contributed by atoms with E-state index in [0.717, 1.165) is 17.0 Å². The summed E-state index contributed by atoms with van der Waals surface area (Å²) in [6.45, 7) is -0.240. The number of carbonyl (C=O) groups is 1. The molecule has 0 spiro atoms. The Balaban J connectivity index is 3.08. The van der Waals surface area contributed by atoms with Gasteiger partial charge in [-0.2, -0.15) is 0 Å². The summed E-state index contributed by atoms with van der Waals surface area (Å²) in [7, 11) is 1.36. The number of hydrogen-bond donors (Lipinski definition) is 1. The van der Waals surface area contributed by atoms with Crippen LogP contribution in [0.15, 0.2) is 16.6 Å². The predicted molar refractivity (Wildman–Crippen MR) is 58.1 cm³/mol. The van der Waals surface area contributed by atoms with Crippen LogP contribution >= 0.6 is 15.9 Å². The third-order valence-corrected chi connectivity index (χ3v) is 2.46. The third-order valence-electron chi connectivity index (χ3n) is 2.00. The van der Waals surface area contributed by atoms with Crippen LogP contribution in [0.5, 0.6) is 0 Å². The van der Waals surface area contributed by atoms with Crippen molar-refractivity contribution < 1.29 is 18.7 Å². The van der Waals surface area contributed by atoms with E-state index < -0.39 is 23.1 Å². The Labute approximate surface area is 99.8 Å². The lowest BCUT2D eigenvalue weighted by atomic mass is 10.1. The summed E-state index contributed by atoms with van der Waals surface area (Å²) < 4.78 is 27.0. The molecule has 0 fully saturated rings. The number of nitrogens with zero attached hydrogens (tertiary/aromatic N) is 1. The summed E-state index contributed by atoms with van der Waals surface area (Å²) >= 11 is 2.92. The highest BCUT2D eigenvalue weighted by Crippen LogP contribution is 2.20. The second kappa shape index (κ2) is 5.36. The molecule has 0 bridgehead atoms. The smallest absolute Gasteiger partial charge is 0.259 e. The van der Waals surface area contributed by atoms with Gasteiger partial charge in [-0.3, -0.25) is 4.79 Å². The summed E-state index contributed by atoms with van der Waals surface area (Å²) in [6, 6.07) is 2.03. The molecule has 88 valence electrons. The van der Waals surface area contributed by atoms with Gasteiger partial charge in [0.2, 0.25) is 0 Å². The number of aliphatic hydroxyl groups is 1. The molecule has 0 heterocycles. The summed E-state index contributed by atoms with van der Waals surface area (Å²) in [5.41, 5.74) is -0.612. The number of benzene rings is 1. The van der Waals surface area contributed by atoms with Gasteiger partial charge in [-0.15, -0.1) is 0 Å². The number of likely N-dealkylation sites (N-methyl/N-ethyl adjacent to an activating group) is 1.